The summed E-state index contributed by atoms with van der Waals surface area (Å²) in [6, 6.07) is 3.48. The van der Waals surface area contributed by atoms with Gasteiger partial charge in [-0.25, -0.2) is 8.42 Å². The fourth-order valence-corrected chi connectivity index (χ4v) is 2.73. The molecule has 1 aliphatic heterocycles. The molecule has 17 heavy (non-hydrogen) atoms. The summed E-state index contributed by atoms with van der Waals surface area (Å²) in [6.07, 6.45) is 0.816. The van der Waals surface area contributed by atoms with Crippen molar-refractivity contribution in [1.82, 2.24) is 0 Å². The number of hydrogen-bond donors (Lipinski definition) is 0. The first-order valence-electron chi connectivity index (χ1n) is 5.27. The minimum atomic E-state index is -3.56. The summed E-state index contributed by atoms with van der Waals surface area (Å²) in [6.45, 7) is 3.01. The van der Waals surface area contributed by atoms with E-state index in [1.807, 2.05) is 6.92 Å². The molecular weight excluding hydrogens is 264 g/mol. The summed E-state index contributed by atoms with van der Waals surface area (Å²) in [5.41, 5.74) is 1.47. The molecule has 1 aromatic carbocycles. The molecule has 0 aliphatic carbocycles. The first kappa shape index (κ1) is 12.5. The van der Waals surface area contributed by atoms with Gasteiger partial charge in [0, 0.05) is 17.1 Å². The Bertz CT molecular complexity index is 525. The molecule has 4 nitrogen and oxygen atoms in total. The summed E-state index contributed by atoms with van der Waals surface area (Å²) in [5, 5.41) is 0. The normalized spacial score (nSPS) is 15.4. The zero-order valence-corrected chi connectivity index (χ0v) is 11.0. The number of rotatable bonds is 2. The molecule has 94 valence electrons. The van der Waals surface area contributed by atoms with Gasteiger partial charge >= 0.3 is 0 Å². The second kappa shape index (κ2) is 4.74. The highest BCUT2D eigenvalue weighted by molar-refractivity contribution is 8.13. The van der Waals surface area contributed by atoms with E-state index in [0.717, 1.165) is 12.0 Å². The Labute approximate surface area is 105 Å². The first-order valence-corrected chi connectivity index (χ1v) is 7.75. The van der Waals surface area contributed by atoms with E-state index < -0.39 is 9.05 Å². The Morgan fingerprint density at radius 1 is 1.24 bits per heavy atom. The van der Waals surface area contributed by atoms with Crippen molar-refractivity contribution >= 4 is 19.7 Å². The molecule has 0 aromatic heterocycles. The van der Waals surface area contributed by atoms with Crippen LogP contribution in [0, 0.1) is 6.92 Å². The highest BCUT2D eigenvalue weighted by Gasteiger charge is 2.16. The predicted molar refractivity (Wildman–Crippen MR) is 65.3 cm³/mol. The molecule has 2 rings (SSSR count). The van der Waals surface area contributed by atoms with Crippen LogP contribution in [0.3, 0.4) is 0 Å². The van der Waals surface area contributed by atoms with Crippen LogP contribution >= 0.6 is 10.7 Å². The Balaban J connectivity index is 2.39. The van der Waals surface area contributed by atoms with Crippen molar-refractivity contribution in [2.75, 3.05) is 13.2 Å². The van der Waals surface area contributed by atoms with E-state index in [-0.39, 0.29) is 5.75 Å². The number of hydrogen-bond acceptors (Lipinski definition) is 4. The third kappa shape index (κ3) is 3.26. The lowest BCUT2D eigenvalue weighted by Gasteiger charge is -2.11. The molecule has 0 fully saturated rings. The van der Waals surface area contributed by atoms with Crippen LogP contribution < -0.4 is 9.47 Å². The quantitative estimate of drug-likeness (QED) is 0.777. The van der Waals surface area contributed by atoms with Crippen molar-refractivity contribution in [2.24, 2.45) is 0 Å². The largest absolute Gasteiger partial charge is 0.490 e. The van der Waals surface area contributed by atoms with Crippen LogP contribution in [-0.2, 0) is 14.8 Å². The van der Waals surface area contributed by atoms with Gasteiger partial charge in [-0.2, -0.15) is 0 Å². The highest BCUT2D eigenvalue weighted by Crippen LogP contribution is 2.33. The van der Waals surface area contributed by atoms with Gasteiger partial charge in [-0.3, -0.25) is 0 Å². The van der Waals surface area contributed by atoms with Gasteiger partial charge in [-0.05, 0) is 30.2 Å². The Morgan fingerprint density at radius 2 is 1.82 bits per heavy atom. The summed E-state index contributed by atoms with van der Waals surface area (Å²) in [7, 11) is 1.70. The summed E-state index contributed by atoms with van der Waals surface area (Å²) in [5.74, 6) is 1.05. The molecule has 0 amide bonds. The third-order valence-corrected chi connectivity index (χ3v) is 3.52. The molecule has 1 aliphatic rings. The van der Waals surface area contributed by atoms with Crippen molar-refractivity contribution in [3.05, 3.63) is 23.3 Å². The zero-order chi connectivity index (χ0) is 12.5. The van der Waals surface area contributed by atoms with Gasteiger partial charge in [-0.1, -0.05) is 0 Å². The monoisotopic (exact) mass is 276 g/mol. The Hall–Kier alpha value is -0.940. The average Bonchev–Trinajstić information content (AvgIpc) is 2.41. The average molecular weight is 277 g/mol. The first-order chi connectivity index (χ1) is 7.96. The van der Waals surface area contributed by atoms with Gasteiger partial charge in [0.2, 0.25) is 9.05 Å². The van der Waals surface area contributed by atoms with Crippen LogP contribution in [0.1, 0.15) is 17.5 Å². The maximum absolute atomic E-state index is 11.1. The minimum absolute atomic E-state index is 0.197. The van der Waals surface area contributed by atoms with E-state index in [1.165, 1.54) is 0 Å². The molecule has 0 N–H and O–H groups in total. The van der Waals surface area contributed by atoms with Gasteiger partial charge in [0.25, 0.3) is 0 Å². The smallest absolute Gasteiger partial charge is 0.236 e. The van der Waals surface area contributed by atoms with E-state index in [4.69, 9.17) is 20.2 Å². The number of aryl methyl sites for hydroxylation is 1. The van der Waals surface area contributed by atoms with Gasteiger partial charge in [0.15, 0.2) is 11.5 Å². The lowest BCUT2D eigenvalue weighted by atomic mass is 10.1. The second-order valence-corrected chi connectivity index (χ2v) is 6.74. The summed E-state index contributed by atoms with van der Waals surface area (Å²) >= 11 is 0. The number of fused-ring (bicyclic) bond motifs is 1. The fraction of sp³-hybridized carbons (Fsp3) is 0.455. The van der Waals surface area contributed by atoms with Crippen LogP contribution in [0.25, 0.3) is 0 Å². The van der Waals surface area contributed by atoms with Crippen molar-refractivity contribution in [2.45, 2.75) is 19.1 Å². The van der Waals surface area contributed by atoms with Gasteiger partial charge in [-0.15, -0.1) is 0 Å². The molecule has 0 radical (unpaired) electrons. The van der Waals surface area contributed by atoms with Crippen molar-refractivity contribution in [3.63, 3.8) is 0 Å². The topological polar surface area (TPSA) is 52.6 Å². The van der Waals surface area contributed by atoms with E-state index in [1.54, 1.807) is 12.1 Å². The van der Waals surface area contributed by atoms with Crippen LogP contribution in [0.2, 0.25) is 0 Å². The maximum Gasteiger partial charge on any atom is 0.236 e. The maximum atomic E-state index is 11.1. The third-order valence-electron chi connectivity index (χ3n) is 2.53. The minimum Gasteiger partial charge on any atom is -0.490 e. The molecule has 0 spiro atoms. The van der Waals surface area contributed by atoms with Gasteiger partial charge < -0.3 is 9.47 Å². The van der Waals surface area contributed by atoms with Gasteiger partial charge in [0.05, 0.1) is 19.0 Å². The van der Waals surface area contributed by atoms with Gasteiger partial charge in [0.1, 0.15) is 0 Å². The molecule has 0 atom stereocenters. The van der Waals surface area contributed by atoms with E-state index in [9.17, 15) is 8.42 Å². The standard InChI is InChI=1S/C11H13ClO4S/c1-8-5-10-11(16-4-2-3-15-10)6-9(8)7-17(12,13)14/h5-6H,2-4,7H2,1H3. The van der Waals surface area contributed by atoms with Crippen molar-refractivity contribution in [1.29, 1.82) is 0 Å². The van der Waals surface area contributed by atoms with Crippen LogP contribution in [0.15, 0.2) is 12.1 Å². The van der Waals surface area contributed by atoms with E-state index in [2.05, 4.69) is 0 Å². The molecule has 0 unspecified atom stereocenters. The summed E-state index contributed by atoms with van der Waals surface area (Å²) < 4.78 is 33.2. The number of ether oxygens (including phenoxy) is 2. The SMILES string of the molecule is Cc1cc2c(cc1CS(=O)(=O)Cl)OCCCO2. The summed E-state index contributed by atoms with van der Waals surface area (Å²) in [4.78, 5) is 0. The fourth-order valence-electron chi connectivity index (χ4n) is 1.69. The lowest BCUT2D eigenvalue weighted by molar-refractivity contribution is 0.297. The zero-order valence-electron chi connectivity index (χ0n) is 9.40. The number of halogens is 1. The molecule has 0 saturated carbocycles. The Kier molecular flexibility index (Phi) is 3.49. The van der Waals surface area contributed by atoms with E-state index in [0.29, 0.717) is 30.3 Å². The van der Waals surface area contributed by atoms with Crippen molar-refractivity contribution < 1.29 is 17.9 Å². The molecule has 0 bridgehead atoms. The van der Waals surface area contributed by atoms with Crippen molar-refractivity contribution in [3.8, 4) is 11.5 Å². The lowest BCUT2D eigenvalue weighted by Crippen LogP contribution is -2.00. The van der Waals surface area contributed by atoms with Crippen LogP contribution in [0.4, 0.5) is 0 Å². The highest BCUT2D eigenvalue weighted by atomic mass is 35.7. The molecule has 0 saturated heterocycles. The van der Waals surface area contributed by atoms with Crippen LogP contribution in [-0.4, -0.2) is 21.6 Å². The molecule has 1 aromatic rings. The second-order valence-electron chi connectivity index (χ2n) is 3.96. The number of benzene rings is 1. The predicted octanol–water partition coefficient (Wildman–Crippen LogP) is 2.22. The Morgan fingerprint density at radius 3 is 2.41 bits per heavy atom. The van der Waals surface area contributed by atoms with E-state index >= 15 is 0 Å². The van der Waals surface area contributed by atoms with Crippen LogP contribution in [0.5, 0.6) is 11.5 Å². The molecular formula is C11H13ClO4S. The molecule has 6 heteroatoms. The molecule has 1 heterocycles.